The molecule has 1 rings (SSSR count). The summed E-state index contributed by atoms with van der Waals surface area (Å²) in [5.74, 6) is 0.321. The zero-order chi connectivity index (χ0) is 10.4. The van der Waals surface area contributed by atoms with E-state index in [1.807, 2.05) is 0 Å². The van der Waals surface area contributed by atoms with Crippen molar-refractivity contribution in [2.24, 2.45) is 0 Å². The second kappa shape index (κ2) is 5.78. The Balaban J connectivity index is 2.70. The molecule has 0 bridgehead atoms. The number of carbonyl (C=O) groups excluding carboxylic acids is 1. The largest absolute Gasteiger partial charge is 0.396 e. The first-order valence-corrected chi connectivity index (χ1v) is 5.25. The molecule has 1 aromatic carbocycles. The van der Waals surface area contributed by atoms with Crippen LogP contribution in [0.4, 0.5) is 4.39 Å². The summed E-state index contributed by atoms with van der Waals surface area (Å²) >= 11 is 1.45. The number of aldehydes is 1. The molecule has 0 amide bonds. The number of carbonyl (C=O) groups is 1. The molecule has 2 nitrogen and oxygen atoms in total. The number of halogens is 1. The number of thioether (sulfide) groups is 1. The Hall–Kier alpha value is -0.870. The minimum absolute atomic E-state index is 0.130. The van der Waals surface area contributed by atoms with Gasteiger partial charge in [0.2, 0.25) is 0 Å². The van der Waals surface area contributed by atoms with Gasteiger partial charge in [-0.1, -0.05) is 0 Å². The van der Waals surface area contributed by atoms with E-state index in [9.17, 15) is 9.18 Å². The molecule has 0 aromatic heterocycles. The molecule has 4 heteroatoms. The van der Waals surface area contributed by atoms with Gasteiger partial charge < -0.3 is 5.11 Å². The van der Waals surface area contributed by atoms with Gasteiger partial charge in [-0.05, 0) is 24.6 Å². The molecule has 0 saturated carbocycles. The fourth-order valence-corrected chi connectivity index (χ4v) is 1.92. The lowest BCUT2D eigenvalue weighted by Crippen LogP contribution is -1.90. The topological polar surface area (TPSA) is 37.3 Å². The number of hydrogen-bond donors (Lipinski definition) is 1. The van der Waals surface area contributed by atoms with Gasteiger partial charge in [-0.25, -0.2) is 4.39 Å². The number of rotatable bonds is 5. The van der Waals surface area contributed by atoms with Crippen molar-refractivity contribution < 1.29 is 14.3 Å². The van der Waals surface area contributed by atoms with Crippen LogP contribution in [0.15, 0.2) is 23.1 Å². The normalized spacial score (nSPS) is 10.1. The van der Waals surface area contributed by atoms with E-state index in [2.05, 4.69) is 0 Å². The zero-order valence-corrected chi connectivity index (χ0v) is 8.39. The highest BCUT2D eigenvalue weighted by atomic mass is 32.2. The molecule has 0 aliphatic rings. The lowest BCUT2D eigenvalue weighted by Gasteiger charge is -2.03. The lowest BCUT2D eigenvalue weighted by atomic mass is 10.2. The van der Waals surface area contributed by atoms with Crippen molar-refractivity contribution in [3.05, 3.63) is 29.6 Å². The van der Waals surface area contributed by atoms with Crippen LogP contribution in [-0.4, -0.2) is 23.8 Å². The molecule has 0 aliphatic carbocycles. The van der Waals surface area contributed by atoms with Crippen LogP contribution in [0.25, 0.3) is 0 Å². The maximum Gasteiger partial charge on any atom is 0.151 e. The van der Waals surface area contributed by atoms with Gasteiger partial charge in [0.1, 0.15) is 5.82 Å². The third kappa shape index (κ3) is 3.12. The van der Waals surface area contributed by atoms with Crippen LogP contribution in [-0.2, 0) is 0 Å². The average Bonchev–Trinajstić information content (AvgIpc) is 2.20. The van der Waals surface area contributed by atoms with E-state index in [1.54, 1.807) is 6.07 Å². The molecule has 1 aromatic rings. The second-order valence-corrected chi connectivity index (χ2v) is 3.86. The van der Waals surface area contributed by atoms with E-state index in [4.69, 9.17) is 5.11 Å². The first-order valence-electron chi connectivity index (χ1n) is 4.26. The van der Waals surface area contributed by atoms with Gasteiger partial charge in [-0.2, -0.15) is 0 Å². The Morgan fingerprint density at radius 3 is 2.93 bits per heavy atom. The van der Waals surface area contributed by atoms with Crippen molar-refractivity contribution in [3.63, 3.8) is 0 Å². The van der Waals surface area contributed by atoms with Crippen LogP contribution < -0.4 is 0 Å². The molecular weight excluding hydrogens is 203 g/mol. The Kier molecular flexibility index (Phi) is 4.62. The molecule has 1 N–H and O–H groups in total. The summed E-state index contributed by atoms with van der Waals surface area (Å²) in [5.41, 5.74) is 0.368. The van der Waals surface area contributed by atoms with Gasteiger partial charge in [-0.15, -0.1) is 11.8 Å². The van der Waals surface area contributed by atoms with Gasteiger partial charge in [-0.3, -0.25) is 4.79 Å². The van der Waals surface area contributed by atoms with Crippen molar-refractivity contribution >= 4 is 18.0 Å². The van der Waals surface area contributed by atoms with Crippen LogP contribution in [0.1, 0.15) is 16.8 Å². The summed E-state index contributed by atoms with van der Waals surface area (Å²) in [6.45, 7) is 0.130. The molecule has 76 valence electrons. The molecular formula is C10H11FO2S. The fourth-order valence-electron chi connectivity index (χ4n) is 0.990. The Morgan fingerprint density at radius 1 is 1.50 bits per heavy atom. The highest BCUT2D eigenvalue weighted by Crippen LogP contribution is 2.22. The summed E-state index contributed by atoms with van der Waals surface area (Å²) < 4.78 is 12.7. The average molecular weight is 214 g/mol. The van der Waals surface area contributed by atoms with Crippen LogP contribution in [0.3, 0.4) is 0 Å². The predicted octanol–water partition coefficient (Wildman–Crippen LogP) is 2.11. The third-order valence-electron chi connectivity index (χ3n) is 1.66. The highest BCUT2D eigenvalue weighted by molar-refractivity contribution is 7.99. The Bertz CT molecular complexity index is 315. The Morgan fingerprint density at radius 2 is 2.29 bits per heavy atom. The third-order valence-corrected chi connectivity index (χ3v) is 2.83. The van der Waals surface area contributed by atoms with Crippen molar-refractivity contribution in [3.8, 4) is 0 Å². The second-order valence-electron chi connectivity index (χ2n) is 2.73. The summed E-state index contributed by atoms with van der Waals surface area (Å²) in [6, 6.07) is 4.13. The molecule has 0 unspecified atom stereocenters. The molecule has 0 atom stereocenters. The van der Waals surface area contributed by atoms with Crippen LogP contribution in [0, 0.1) is 5.82 Å². The SMILES string of the molecule is O=Cc1cc(F)ccc1SCCCO. The highest BCUT2D eigenvalue weighted by Gasteiger charge is 2.03. The standard InChI is InChI=1S/C10H11FO2S/c11-9-2-3-10(8(6-9)7-13)14-5-1-4-12/h2-3,6-7,12H,1,4-5H2. The maximum atomic E-state index is 12.7. The summed E-state index contributed by atoms with van der Waals surface area (Å²) in [5, 5.41) is 8.57. The minimum atomic E-state index is -0.404. The fraction of sp³-hybridized carbons (Fsp3) is 0.300. The summed E-state index contributed by atoms with van der Waals surface area (Å²) in [7, 11) is 0. The predicted molar refractivity (Wildman–Crippen MR) is 54.2 cm³/mol. The van der Waals surface area contributed by atoms with Gasteiger partial charge in [0.05, 0.1) is 0 Å². The molecule has 0 heterocycles. The van der Waals surface area contributed by atoms with Crippen molar-refractivity contribution in [1.29, 1.82) is 0 Å². The maximum absolute atomic E-state index is 12.7. The van der Waals surface area contributed by atoms with E-state index in [0.29, 0.717) is 18.3 Å². The van der Waals surface area contributed by atoms with Crippen LogP contribution in [0.5, 0.6) is 0 Å². The molecule has 0 fully saturated rings. The van der Waals surface area contributed by atoms with E-state index < -0.39 is 5.82 Å². The van der Waals surface area contributed by atoms with E-state index in [-0.39, 0.29) is 6.61 Å². The molecule has 0 saturated heterocycles. The van der Waals surface area contributed by atoms with E-state index in [1.165, 1.54) is 23.9 Å². The number of benzene rings is 1. The summed E-state index contributed by atoms with van der Waals surface area (Å²) in [4.78, 5) is 11.3. The van der Waals surface area contributed by atoms with Crippen LogP contribution in [0.2, 0.25) is 0 Å². The monoisotopic (exact) mass is 214 g/mol. The van der Waals surface area contributed by atoms with Crippen molar-refractivity contribution in [1.82, 2.24) is 0 Å². The number of aliphatic hydroxyl groups excluding tert-OH is 1. The number of aliphatic hydroxyl groups is 1. The quantitative estimate of drug-likeness (QED) is 0.463. The van der Waals surface area contributed by atoms with Gasteiger partial charge >= 0.3 is 0 Å². The molecule has 0 spiro atoms. The van der Waals surface area contributed by atoms with Gasteiger partial charge in [0.15, 0.2) is 6.29 Å². The van der Waals surface area contributed by atoms with Crippen LogP contribution >= 0.6 is 11.8 Å². The zero-order valence-electron chi connectivity index (χ0n) is 7.57. The van der Waals surface area contributed by atoms with Gasteiger partial charge in [0, 0.05) is 22.8 Å². The first-order chi connectivity index (χ1) is 6.77. The van der Waals surface area contributed by atoms with Crippen molar-refractivity contribution in [2.45, 2.75) is 11.3 Å². The van der Waals surface area contributed by atoms with E-state index in [0.717, 1.165) is 10.6 Å². The van der Waals surface area contributed by atoms with Gasteiger partial charge in [0.25, 0.3) is 0 Å². The number of hydrogen-bond acceptors (Lipinski definition) is 3. The molecule has 0 radical (unpaired) electrons. The first kappa shape index (κ1) is 11.2. The lowest BCUT2D eigenvalue weighted by molar-refractivity contribution is 0.112. The minimum Gasteiger partial charge on any atom is -0.396 e. The smallest absolute Gasteiger partial charge is 0.151 e. The molecule has 0 aliphatic heterocycles. The summed E-state index contributed by atoms with van der Waals surface area (Å²) in [6.07, 6.45) is 1.31. The van der Waals surface area contributed by atoms with E-state index >= 15 is 0 Å². The molecule has 14 heavy (non-hydrogen) atoms. The Labute approximate surface area is 86.1 Å². The van der Waals surface area contributed by atoms with Crippen molar-refractivity contribution in [2.75, 3.05) is 12.4 Å².